The van der Waals surface area contributed by atoms with Crippen LogP contribution in [0.25, 0.3) is 0 Å². The zero-order valence-corrected chi connectivity index (χ0v) is 35.8. The largest absolute Gasteiger partial charge is 0.481 e. The molecule has 0 spiro atoms. The number of benzene rings is 1. The number of Topliss-reactive ketones (excluding diaryl/α,β-unsaturated/α-hetero) is 1. The van der Waals surface area contributed by atoms with Crippen LogP contribution >= 0.6 is 11.6 Å². The second-order valence-electron chi connectivity index (χ2n) is 20.6. The Bertz CT molecular complexity index is 1770. The summed E-state index contributed by atoms with van der Waals surface area (Å²) in [6.45, 7) is 21.3. The van der Waals surface area contributed by atoms with Gasteiger partial charge in [-0.05, 0) is 122 Å². The number of carbonyl (C=O) groups excluding carboxylic acids is 3. The lowest BCUT2D eigenvalue weighted by atomic mass is 9.33. The van der Waals surface area contributed by atoms with E-state index in [0.29, 0.717) is 36.2 Å². The van der Waals surface area contributed by atoms with Gasteiger partial charge in [0.05, 0.1) is 17.9 Å². The predicted octanol–water partition coefficient (Wildman–Crippen LogP) is 9.44. The third-order valence-electron chi connectivity index (χ3n) is 16.7. The monoisotopic (exact) mass is 779 g/mol. The molecule has 0 aromatic heterocycles. The fourth-order valence-corrected chi connectivity index (χ4v) is 13.6. The molecule has 5 aliphatic carbocycles. The molecule has 0 bridgehead atoms. The highest BCUT2D eigenvalue weighted by molar-refractivity contribution is 6.31. The van der Waals surface area contributed by atoms with Crippen molar-refractivity contribution < 1.29 is 34.1 Å². The van der Waals surface area contributed by atoms with E-state index < -0.39 is 28.9 Å². The van der Waals surface area contributed by atoms with E-state index in [2.05, 4.69) is 48.5 Å². The van der Waals surface area contributed by atoms with E-state index in [-0.39, 0.29) is 64.3 Å². The third-order valence-corrected chi connectivity index (χ3v) is 17.0. The Balaban J connectivity index is 1.29. The molecule has 304 valence electrons. The Hall–Kier alpha value is -2.71. The van der Waals surface area contributed by atoms with Gasteiger partial charge in [-0.1, -0.05) is 83.8 Å². The van der Waals surface area contributed by atoms with E-state index in [1.807, 2.05) is 24.3 Å². The molecule has 2 N–H and O–H groups in total. The zero-order chi connectivity index (χ0) is 40.7. The topological polar surface area (TPSA) is 121 Å². The first kappa shape index (κ1) is 41.9. The maximum Gasteiger partial charge on any atom is 0.309 e. The molecule has 8 nitrogen and oxygen atoms in total. The van der Waals surface area contributed by atoms with Gasteiger partial charge in [-0.25, -0.2) is 0 Å². The van der Waals surface area contributed by atoms with E-state index in [1.54, 1.807) is 18.7 Å². The number of ketones is 1. The summed E-state index contributed by atoms with van der Waals surface area (Å²) in [5.74, 6) is -0.481. The Kier molecular flexibility index (Phi) is 10.9. The molecule has 1 aromatic carbocycles. The lowest BCUT2D eigenvalue weighted by Gasteiger charge is -2.72. The molecule has 0 saturated heterocycles. The number of nitrogens with zero attached hydrogens (tertiary/aromatic N) is 1. The maximum atomic E-state index is 14.2. The number of carboxylic acid groups (broad SMARTS) is 1. The van der Waals surface area contributed by atoms with Crippen LogP contribution in [0.5, 0.6) is 0 Å². The Morgan fingerprint density at radius 3 is 2.24 bits per heavy atom. The lowest BCUT2D eigenvalue weighted by molar-refractivity contribution is -0.235. The Morgan fingerprint density at radius 1 is 0.945 bits per heavy atom. The molecule has 0 radical (unpaired) electrons. The minimum Gasteiger partial charge on any atom is -0.481 e. The van der Waals surface area contributed by atoms with Crippen LogP contribution in [0.4, 0.5) is 0 Å². The van der Waals surface area contributed by atoms with Crippen LogP contribution in [-0.2, 0) is 30.5 Å². The minimum atomic E-state index is -1.18. The van der Waals surface area contributed by atoms with Gasteiger partial charge < -0.3 is 19.8 Å². The number of aliphatic hydroxyl groups excluding tert-OH is 1. The highest BCUT2D eigenvalue weighted by Crippen LogP contribution is 2.77. The van der Waals surface area contributed by atoms with Crippen molar-refractivity contribution in [1.29, 1.82) is 0 Å². The van der Waals surface area contributed by atoms with Crippen LogP contribution in [0.2, 0.25) is 5.02 Å². The summed E-state index contributed by atoms with van der Waals surface area (Å²) >= 11 is 6.51. The average Bonchev–Trinajstić information content (AvgIpc) is 3.40. The highest BCUT2D eigenvalue weighted by Gasteiger charge is 2.71. The van der Waals surface area contributed by atoms with Crippen LogP contribution in [0.3, 0.4) is 0 Å². The van der Waals surface area contributed by atoms with Crippen molar-refractivity contribution in [2.75, 3.05) is 6.54 Å². The molecule has 0 aliphatic heterocycles. The van der Waals surface area contributed by atoms with Crippen molar-refractivity contribution in [3.8, 4) is 0 Å². The van der Waals surface area contributed by atoms with Crippen molar-refractivity contribution in [3.05, 3.63) is 46.0 Å². The summed E-state index contributed by atoms with van der Waals surface area (Å²) in [4.78, 5) is 53.8. The van der Waals surface area contributed by atoms with Gasteiger partial charge >= 0.3 is 11.9 Å². The first-order chi connectivity index (χ1) is 25.5. The molecule has 1 amide bonds. The molecule has 0 heterocycles. The quantitative estimate of drug-likeness (QED) is 0.227. The summed E-state index contributed by atoms with van der Waals surface area (Å²) in [5.41, 5.74) is 0.654. The predicted molar refractivity (Wildman–Crippen MR) is 214 cm³/mol. The van der Waals surface area contributed by atoms with E-state index >= 15 is 0 Å². The van der Waals surface area contributed by atoms with Gasteiger partial charge in [0.25, 0.3) is 0 Å². The molecule has 0 unspecified atom stereocenters. The van der Waals surface area contributed by atoms with Crippen LogP contribution in [-0.4, -0.2) is 57.5 Å². The van der Waals surface area contributed by atoms with Gasteiger partial charge in [0, 0.05) is 42.3 Å². The van der Waals surface area contributed by atoms with E-state index in [4.69, 9.17) is 16.3 Å². The molecular formula is C46H66ClNO7. The van der Waals surface area contributed by atoms with Crippen molar-refractivity contribution in [2.45, 2.75) is 152 Å². The third kappa shape index (κ3) is 6.61. The number of hydrogen-bond donors (Lipinski definition) is 2. The molecule has 9 atom stereocenters. The van der Waals surface area contributed by atoms with E-state index in [1.165, 1.54) is 12.5 Å². The van der Waals surface area contributed by atoms with Gasteiger partial charge in [0.1, 0.15) is 6.10 Å². The first-order valence-electron chi connectivity index (χ1n) is 20.8. The van der Waals surface area contributed by atoms with Crippen LogP contribution in [0.1, 0.15) is 139 Å². The number of hydrogen-bond acceptors (Lipinski definition) is 6. The molecular weight excluding hydrogens is 714 g/mol. The molecule has 5 aliphatic rings. The fraction of sp³-hybridized carbons (Fsp3) is 0.739. The average molecular weight is 780 g/mol. The number of fused-ring (bicyclic) bond motifs is 7. The molecule has 1 aromatic rings. The number of aliphatic hydroxyl groups is 1. The number of aliphatic carboxylic acids is 1. The number of carboxylic acids is 1. The van der Waals surface area contributed by atoms with Gasteiger partial charge in [-0.15, -0.1) is 0 Å². The second-order valence-corrected chi connectivity index (χ2v) is 21.0. The fourth-order valence-electron chi connectivity index (χ4n) is 13.4. The number of allylic oxidation sites excluding steroid dienone is 1. The SMILES string of the molecule is CC(=O)N(Cc1ccccc1Cl)C[C@H](O)[C@@]12CC[C@]3(C)[C@H](CC[C@@H]4[C@@]5(C)CC[C@H](OC(=O)CC(C)(C)C(=O)O)C(C)(C)[C@@H]5CC[C@]43C)C1=C(C(C)C)C(=O)C2. The molecule has 4 fully saturated rings. The molecule has 55 heavy (non-hydrogen) atoms. The van der Waals surface area contributed by atoms with Gasteiger partial charge in [-0.2, -0.15) is 0 Å². The highest BCUT2D eigenvalue weighted by atomic mass is 35.5. The summed E-state index contributed by atoms with van der Waals surface area (Å²) in [6.07, 6.45) is 6.28. The van der Waals surface area contributed by atoms with Gasteiger partial charge in [0.2, 0.25) is 5.91 Å². The summed E-state index contributed by atoms with van der Waals surface area (Å²) in [6, 6.07) is 7.49. The Morgan fingerprint density at radius 2 is 1.62 bits per heavy atom. The number of amides is 1. The number of halogens is 1. The van der Waals surface area contributed by atoms with Crippen LogP contribution in [0, 0.1) is 56.2 Å². The number of carbonyl (C=O) groups is 4. The van der Waals surface area contributed by atoms with Crippen molar-refractivity contribution in [1.82, 2.24) is 4.90 Å². The number of rotatable bonds is 10. The molecule has 9 heteroatoms. The van der Waals surface area contributed by atoms with Crippen molar-refractivity contribution in [2.24, 2.45) is 56.2 Å². The smallest absolute Gasteiger partial charge is 0.309 e. The van der Waals surface area contributed by atoms with Gasteiger partial charge in [0.15, 0.2) is 5.78 Å². The zero-order valence-electron chi connectivity index (χ0n) is 35.0. The van der Waals surface area contributed by atoms with E-state index in [9.17, 15) is 29.4 Å². The molecule has 4 saturated carbocycles. The lowest BCUT2D eigenvalue weighted by Crippen LogP contribution is -2.66. The van der Waals surface area contributed by atoms with Crippen molar-refractivity contribution >= 4 is 35.2 Å². The molecule has 6 rings (SSSR count). The normalized spacial score (nSPS) is 36.0. The minimum absolute atomic E-state index is 0.0143. The van der Waals surface area contributed by atoms with Crippen molar-refractivity contribution in [3.63, 3.8) is 0 Å². The summed E-state index contributed by atoms with van der Waals surface area (Å²) < 4.78 is 6.16. The van der Waals surface area contributed by atoms with E-state index in [0.717, 1.165) is 56.1 Å². The summed E-state index contributed by atoms with van der Waals surface area (Å²) in [7, 11) is 0. The Labute approximate surface area is 334 Å². The first-order valence-corrected chi connectivity index (χ1v) is 21.2. The standard InChI is InChI=1S/C46H66ClNO7/c1-27(2)38-32(50)23-46(35(51)26-48(28(3)49)25-29-13-11-12-14-31(29)47)22-21-44(9)30(39(38)46)15-16-34-43(8)19-18-36(55-37(52)24-41(4,5)40(53)54)42(6,7)33(43)17-20-45(34,44)10/h11-14,27,30,33-36,51H,15-26H2,1-10H3,(H,53,54)/t30-,33+,34-,35+,36+,43+,44-,45-,46+/m1/s1. The number of esters is 1. The van der Waals surface area contributed by atoms with Crippen LogP contribution < -0.4 is 0 Å². The summed E-state index contributed by atoms with van der Waals surface area (Å²) in [5, 5.41) is 22.6. The maximum absolute atomic E-state index is 14.2. The second kappa shape index (κ2) is 14.3. The van der Waals surface area contributed by atoms with Crippen LogP contribution in [0.15, 0.2) is 35.4 Å². The van der Waals surface area contributed by atoms with Gasteiger partial charge in [-0.3, -0.25) is 19.2 Å². The number of ether oxygens (including phenoxy) is 1.